The molecule has 1 N–H and O–H groups in total. The Morgan fingerprint density at radius 3 is 2.74 bits per heavy atom. The lowest BCUT2D eigenvalue weighted by atomic mass is 9.97. The van der Waals surface area contributed by atoms with Crippen molar-refractivity contribution in [3.05, 3.63) is 29.8 Å². The summed E-state index contributed by atoms with van der Waals surface area (Å²) in [7, 11) is 0. The minimum absolute atomic E-state index is 0.0109. The first-order valence-electron chi connectivity index (χ1n) is 6.52. The van der Waals surface area contributed by atoms with Gasteiger partial charge in [0, 0.05) is 23.8 Å². The number of carbonyl (C=O) groups excluding carboxylic acids is 2. The van der Waals surface area contributed by atoms with Crippen molar-refractivity contribution in [1.82, 2.24) is 5.32 Å². The van der Waals surface area contributed by atoms with Crippen molar-refractivity contribution in [1.29, 1.82) is 0 Å². The Kier molecular flexibility index (Phi) is 3.45. The summed E-state index contributed by atoms with van der Waals surface area (Å²) in [6.07, 6.45) is 0. The van der Waals surface area contributed by atoms with E-state index in [-0.39, 0.29) is 17.7 Å². The molecule has 2 rings (SSSR count). The Bertz CT molecular complexity index is 523. The molecule has 1 saturated heterocycles. The van der Waals surface area contributed by atoms with Crippen LogP contribution in [0.3, 0.4) is 0 Å². The molecule has 0 spiro atoms. The highest BCUT2D eigenvalue weighted by Crippen LogP contribution is 2.24. The molecule has 0 aromatic heterocycles. The van der Waals surface area contributed by atoms with Gasteiger partial charge in [0.1, 0.15) is 0 Å². The molecule has 1 heterocycles. The quantitative estimate of drug-likeness (QED) is 0.827. The summed E-state index contributed by atoms with van der Waals surface area (Å²) in [4.78, 5) is 25.6. The van der Waals surface area contributed by atoms with Crippen LogP contribution in [0.1, 0.15) is 38.1 Å². The van der Waals surface area contributed by atoms with Gasteiger partial charge in [0.2, 0.25) is 5.91 Å². The Balaban J connectivity index is 2.37. The summed E-state index contributed by atoms with van der Waals surface area (Å²) in [5, 5.41) is 3.28. The second-order valence-electron chi connectivity index (χ2n) is 5.69. The summed E-state index contributed by atoms with van der Waals surface area (Å²) in [5.41, 5.74) is 0.845. The highest BCUT2D eigenvalue weighted by Gasteiger charge is 2.38. The van der Waals surface area contributed by atoms with E-state index in [2.05, 4.69) is 12.2 Å². The van der Waals surface area contributed by atoms with Crippen LogP contribution in [0, 0.1) is 0 Å². The topological polar surface area (TPSA) is 49.4 Å². The number of nitrogens with one attached hydrogen (secondary N) is 1. The molecular formula is C15H20N2O2. The number of Topliss-reactive ketones (excluding diaryl/α,β-unsaturated/α-hetero) is 1. The van der Waals surface area contributed by atoms with Crippen molar-refractivity contribution < 1.29 is 9.59 Å². The predicted molar refractivity (Wildman–Crippen MR) is 75.5 cm³/mol. The molecule has 1 atom stereocenters. The molecule has 1 unspecified atom stereocenters. The largest absolute Gasteiger partial charge is 0.309 e. The van der Waals surface area contributed by atoms with Crippen LogP contribution in [-0.2, 0) is 4.79 Å². The van der Waals surface area contributed by atoms with Crippen LogP contribution in [0.4, 0.5) is 5.69 Å². The number of hydrogen-bond acceptors (Lipinski definition) is 3. The Hall–Kier alpha value is -1.68. The maximum Gasteiger partial charge on any atom is 0.246 e. The number of rotatable bonds is 2. The maximum absolute atomic E-state index is 12.5. The molecule has 0 radical (unpaired) electrons. The summed E-state index contributed by atoms with van der Waals surface area (Å²) >= 11 is 0. The number of hydrogen-bond donors (Lipinski definition) is 1. The number of piperazine rings is 1. The molecule has 1 aromatic rings. The minimum Gasteiger partial charge on any atom is -0.309 e. The molecular weight excluding hydrogens is 240 g/mol. The van der Waals surface area contributed by atoms with Crippen LogP contribution in [-0.4, -0.2) is 29.8 Å². The monoisotopic (exact) mass is 260 g/mol. The number of amides is 1. The highest BCUT2D eigenvalue weighted by molar-refractivity contribution is 6.02. The molecule has 102 valence electrons. The van der Waals surface area contributed by atoms with Crippen molar-refractivity contribution in [2.45, 2.75) is 39.3 Å². The van der Waals surface area contributed by atoms with Crippen LogP contribution < -0.4 is 10.2 Å². The van der Waals surface area contributed by atoms with Crippen molar-refractivity contribution in [2.75, 3.05) is 11.4 Å². The van der Waals surface area contributed by atoms with Gasteiger partial charge < -0.3 is 4.90 Å². The second kappa shape index (κ2) is 4.78. The molecule has 1 aliphatic rings. The fraction of sp³-hybridized carbons (Fsp3) is 0.467. The van der Waals surface area contributed by atoms with E-state index in [9.17, 15) is 9.59 Å². The van der Waals surface area contributed by atoms with Crippen LogP contribution >= 0.6 is 0 Å². The predicted octanol–water partition coefficient (Wildman–Crippen LogP) is 1.99. The first-order valence-corrected chi connectivity index (χ1v) is 6.52. The average molecular weight is 260 g/mol. The molecule has 0 bridgehead atoms. The van der Waals surface area contributed by atoms with Gasteiger partial charge in [0.25, 0.3) is 0 Å². The number of carbonyl (C=O) groups is 2. The molecule has 0 saturated carbocycles. The zero-order chi connectivity index (χ0) is 14.2. The number of benzene rings is 1. The second-order valence-corrected chi connectivity index (χ2v) is 5.69. The summed E-state index contributed by atoms with van der Waals surface area (Å²) in [5.74, 6) is 0.0445. The Morgan fingerprint density at radius 2 is 2.11 bits per heavy atom. The van der Waals surface area contributed by atoms with E-state index < -0.39 is 5.54 Å². The molecule has 1 fully saturated rings. The first kappa shape index (κ1) is 13.7. The molecule has 4 heteroatoms. The van der Waals surface area contributed by atoms with E-state index in [0.717, 1.165) is 5.69 Å². The number of ketones is 1. The van der Waals surface area contributed by atoms with Crippen molar-refractivity contribution in [2.24, 2.45) is 0 Å². The lowest BCUT2D eigenvalue weighted by Gasteiger charge is -2.41. The molecule has 1 amide bonds. The van der Waals surface area contributed by atoms with Gasteiger partial charge in [0.05, 0.1) is 5.54 Å². The molecule has 19 heavy (non-hydrogen) atoms. The molecule has 1 aromatic carbocycles. The lowest BCUT2D eigenvalue weighted by Crippen LogP contribution is -2.65. The van der Waals surface area contributed by atoms with E-state index >= 15 is 0 Å². The van der Waals surface area contributed by atoms with Gasteiger partial charge in [-0.15, -0.1) is 0 Å². The molecule has 1 aliphatic heterocycles. The normalized spacial score (nSPS) is 22.4. The highest BCUT2D eigenvalue weighted by atomic mass is 16.2. The Morgan fingerprint density at radius 1 is 1.42 bits per heavy atom. The summed E-state index contributed by atoms with van der Waals surface area (Å²) < 4.78 is 0. The third-order valence-electron chi connectivity index (χ3n) is 3.41. The number of nitrogens with zero attached hydrogens (tertiary/aromatic N) is 1. The van der Waals surface area contributed by atoms with Gasteiger partial charge in [-0.05, 0) is 39.8 Å². The van der Waals surface area contributed by atoms with E-state index in [1.54, 1.807) is 17.0 Å². The SMILES string of the molecule is CC(=O)c1cccc(N2CC(C)NC(C)(C)C2=O)c1. The van der Waals surface area contributed by atoms with E-state index in [4.69, 9.17) is 0 Å². The van der Waals surface area contributed by atoms with E-state index in [1.165, 1.54) is 6.92 Å². The van der Waals surface area contributed by atoms with Crippen LogP contribution in [0.25, 0.3) is 0 Å². The standard InChI is InChI=1S/C15H20N2O2/c1-10-9-17(14(19)15(3,4)16-10)13-7-5-6-12(8-13)11(2)18/h5-8,10,16H,9H2,1-4H3. The van der Waals surface area contributed by atoms with Gasteiger partial charge in [-0.2, -0.15) is 0 Å². The van der Waals surface area contributed by atoms with Crippen molar-refractivity contribution in [3.8, 4) is 0 Å². The third-order valence-corrected chi connectivity index (χ3v) is 3.41. The molecule has 0 aliphatic carbocycles. The van der Waals surface area contributed by atoms with Gasteiger partial charge in [-0.3, -0.25) is 14.9 Å². The number of anilines is 1. The van der Waals surface area contributed by atoms with Crippen LogP contribution in [0.2, 0.25) is 0 Å². The zero-order valence-corrected chi connectivity index (χ0v) is 11.9. The van der Waals surface area contributed by atoms with E-state index in [1.807, 2.05) is 26.0 Å². The zero-order valence-electron chi connectivity index (χ0n) is 11.9. The fourth-order valence-corrected chi connectivity index (χ4v) is 2.53. The van der Waals surface area contributed by atoms with E-state index in [0.29, 0.717) is 12.1 Å². The minimum atomic E-state index is -0.579. The van der Waals surface area contributed by atoms with Crippen molar-refractivity contribution >= 4 is 17.4 Å². The average Bonchev–Trinajstić information content (AvgIpc) is 2.33. The summed E-state index contributed by atoms with van der Waals surface area (Å²) in [6, 6.07) is 7.47. The van der Waals surface area contributed by atoms with Gasteiger partial charge in [-0.1, -0.05) is 12.1 Å². The lowest BCUT2D eigenvalue weighted by molar-refractivity contribution is -0.125. The van der Waals surface area contributed by atoms with Crippen LogP contribution in [0.5, 0.6) is 0 Å². The van der Waals surface area contributed by atoms with Crippen molar-refractivity contribution in [3.63, 3.8) is 0 Å². The third kappa shape index (κ3) is 2.68. The van der Waals surface area contributed by atoms with Gasteiger partial charge in [0.15, 0.2) is 5.78 Å². The Labute approximate surface area is 113 Å². The van der Waals surface area contributed by atoms with Gasteiger partial charge >= 0.3 is 0 Å². The smallest absolute Gasteiger partial charge is 0.246 e. The van der Waals surface area contributed by atoms with Gasteiger partial charge in [-0.25, -0.2) is 0 Å². The van der Waals surface area contributed by atoms with Crippen LogP contribution in [0.15, 0.2) is 24.3 Å². The fourth-order valence-electron chi connectivity index (χ4n) is 2.53. The first-order chi connectivity index (χ1) is 8.81. The molecule has 4 nitrogen and oxygen atoms in total. The maximum atomic E-state index is 12.5. The summed E-state index contributed by atoms with van der Waals surface area (Å²) in [6.45, 7) is 7.96.